The first-order valence-corrected chi connectivity index (χ1v) is 9.66. The number of hydrogen-bond acceptors (Lipinski definition) is 4. The van der Waals surface area contributed by atoms with E-state index >= 15 is 0 Å². The molecule has 1 atom stereocenters. The summed E-state index contributed by atoms with van der Waals surface area (Å²) in [6, 6.07) is 18.7. The SMILES string of the molecule is C=C(c1ccc(-c2ccccc2)cc1)C1CCOC2(CCC(O)CC2)OO1. The van der Waals surface area contributed by atoms with Crippen molar-refractivity contribution in [2.45, 2.75) is 50.1 Å². The first-order chi connectivity index (χ1) is 13.2. The molecule has 2 fully saturated rings. The van der Waals surface area contributed by atoms with Crippen LogP contribution in [0.3, 0.4) is 0 Å². The van der Waals surface area contributed by atoms with Gasteiger partial charge in [-0.1, -0.05) is 61.2 Å². The van der Waals surface area contributed by atoms with Crippen LogP contribution in [0, 0.1) is 0 Å². The van der Waals surface area contributed by atoms with Gasteiger partial charge in [0.2, 0.25) is 5.79 Å². The van der Waals surface area contributed by atoms with Gasteiger partial charge in [0.1, 0.15) is 6.10 Å². The van der Waals surface area contributed by atoms with Crippen molar-refractivity contribution < 1.29 is 19.6 Å². The van der Waals surface area contributed by atoms with Crippen LogP contribution in [-0.4, -0.2) is 29.7 Å². The summed E-state index contributed by atoms with van der Waals surface area (Å²) < 4.78 is 5.97. The highest BCUT2D eigenvalue weighted by atomic mass is 17.2. The van der Waals surface area contributed by atoms with Gasteiger partial charge >= 0.3 is 0 Å². The van der Waals surface area contributed by atoms with Crippen LogP contribution in [0.15, 0.2) is 61.2 Å². The molecule has 2 aromatic rings. The lowest BCUT2D eigenvalue weighted by molar-refractivity contribution is -0.431. The van der Waals surface area contributed by atoms with Crippen molar-refractivity contribution in [3.8, 4) is 11.1 Å². The molecule has 1 N–H and O–H groups in total. The van der Waals surface area contributed by atoms with Gasteiger partial charge in [0.25, 0.3) is 0 Å². The summed E-state index contributed by atoms with van der Waals surface area (Å²) in [5, 5.41) is 9.72. The summed E-state index contributed by atoms with van der Waals surface area (Å²) >= 11 is 0. The largest absolute Gasteiger partial charge is 0.393 e. The minimum atomic E-state index is -0.717. The second-order valence-electron chi connectivity index (χ2n) is 7.42. The number of aliphatic hydroxyl groups is 1. The number of rotatable bonds is 3. The van der Waals surface area contributed by atoms with E-state index in [-0.39, 0.29) is 12.2 Å². The molecular weight excluding hydrogens is 340 g/mol. The molecule has 4 nitrogen and oxygen atoms in total. The first kappa shape index (κ1) is 18.4. The van der Waals surface area contributed by atoms with Gasteiger partial charge in [0.05, 0.1) is 12.7 Å². The summed E-state index contributed by atoms with van der Waals surface area (Å²) in [5.74, 6) is -0.717. The Morgan fingerprint density at radius 3 is 2.30 bits per heavy atom. The van der Waals surface area contributed by atoms with E-state index in [4.69, 9.17) is 14.5 Å². The van der Waals surface area contributed by atoms with Crippen LogP contribution >= 0.6 is 0 Å². The highest BCUT2D eigenvalue weighted by Gasteiger charge is 2.41. The van der Waals surface area contributed by atoms with E-state index < -0.39 is 5.79 Å². The van der Waals surface area contributed by atoms with E-state index in [2.05, 4.69) is 43.0 Å². The molecule has 1 aliphatic carbocycles. The molecule has 4 heteroatoms. The number of benzene rings is 2. The van der Waals surface area contributed by atoms with Crippen molar-refractivity contribution in [3.05, 3.63) is 66.7 Å². The predicted molar refractivity (Wildman–Crippen MR) is 105 cm³/mol. The molecule has 1 unspecified atom stereocenters. The Hall–Kier alpha value is -1.98. The molecule has 0 amide bonds. The van der Waals surface area contributed by atoms with Gasteiger partial charge in [-0.05, 0) is 35.1 Å². The first-order valence-electron chi connectivity index (χ1n) is 9.66. The van der Waals surface area contributed by atoms with Crippen molar-refractivity contribution in [1.82, 2.24) is 0 Å². The summed E-state index contributed by atoms with van der Waals surface area (Å²) in [6.07, 6.45) is 2.85. The van der Waals surface area contributed by atoms with Gasteiger partial charge in [-0.3, -0.25) is 0 Å². The molecule has 0 aromatic heterocycles. The van der Waals surface area contributed by atoms with Gasteiger partial charge < -0.3 is 9.84 Å². The average molecular weight is 366 g/mol. The molecular formula is C23H26O4. The zero-order chi connectivity index (χ0) is 18.7. The predicted octanol–water partition coefficient (Wildman–Crippen LogP) is 4.74. The summed E-state index contributed by atoms with van der Waals surface area (Å²) in [7, 11) is 0. The molecule has 1 heterocycles. The minimum Gasteiger partial charge on any atom is -0.393 e. The third-order valence-electron chi connectivity index (χ3n) is 5.53. The van der Waals surface area contributed by atoms with Gasteiger partial charge in [-0.2, -0.15) is 0 Å². The topological polar surface area (TPSA) is 47.9 Å². The van der Waals surface area contributed by atoms with E-state index in [1.54, 1.807) is 0 Å². The van der Waals surface area contributed by atoms with E-state index in [0.29, 0.717) is 38.7 Å². The maximum absolute atomic E-state index is 9.72. The fraction of sp³-hybridized carbons (Fsp3) is 0.391. The number of aliphatic hydroxyl groups excluding tert-OH is 1. The smallest absolute Gasteiger partial charge is 0.201 e. The Morgan fingerprint density at radius 2 is 1.59 bits per heavy atom. The lowest BCUT2D eigenvalue weighted by Gasteiger charge is -2.35. The van der Waals surface area contributed by atoms with E-state index in [9.17, 15) is 5.11 Å². The molecule has 1 spiro atoms. The lowest BCUT2D eigenvalue weighted by atomic mass is 9.92. The molecule has 0 radical (unpaired) electrons. The molecule has 0 bridgehead atoms. The van der Waals surface area contributed by atoms with Crippen LogP contribution in [0.25, 0.3) is 16.7 Å². The highest BCUT2D eigenvalue weighted by Crippen LogP contribution is 2.37. The summed E-state index contributed by atoms with van der Waals surface area (Å²) in [4.78, 5) is 11.5. The minimum absolute atomic E-state index is 0.237. The molecule has 27 heavy (non-hydrogen) atoms. The fourth-order valence-corrected chi connectivity index (χ4v) is 3.77. The zero-order valence-corrected chi connectivity index (χ0v) is 15.5. The van der Waals surface area contributed by atoms with Crippen molar-refractivity contribution in [2.24, 2.45) is 0 Å². The normalized spacial score (nSPS) is 28.6. The zero-order valence-electron chi connectivity index (χ0n) is 15.5. The molecule has 142 valence electrons. The monoisotopic (exact) mass is 366 g/mol. The van der Waals surface area contributed by atoms with E-state index in [1.165, 1.54) is 11.1 Å². The van der Waals surface area contributed by atoms with Crippen molar-refractivity contribution in [1.29, 1.82) is 0 Å². The van der Waals surface area contributed by atoms with Crippen LogP contribution in [-0.2, 0) is 14.5 Å². The van der Waals surface area contributed by atoms with Gasteiger partial charge in [0.15, 0.2) is 0 Å². The van der Waals surface area contributed by atoms with Crippen molar-refractivity contribution >= 4 is 5.57 Å². The Labute approximate surface area is 160 Å². The Bertz CT molecular complexity index is 761. The molecule has 2 aliphatic rings. The Morgan fingerprint density at radius 1 is 0.926 bits per heavy atom. The van der Waals surface area contributed by atoms with Crippen molar-refractivity contribution in [3.63, 3.8) is 0 Å². The van der Waals surface area contributed by atoms with Crippen molar-refractivity contribution in [2.75, 3.05) is 6.61 Å². The van der Waals surface area contributed by atoms with Crippen LogP contribution in [0.1, 0.15) is 37.7 Å². The summed E-state index contributed by atoms with van der Waals surface area (Å²) in [5.41, 5.74) is 4.30. The van der Waals surface area contributed by atoms with Crippen LogP contribution in [0.5, 0.6) is 0 Å². The maximum atomic E-state index is 9.72. The van der Waals surface area contributed by atoms with Gasteiger partial charge in [-0.25, -0.2) is 9.78 Å². The number of ether oxygens (including phenoxy) is 1. The summed E-state index contributed by atoms with van der Waals surface area (Å²) in [6.45, 7) is 4.80. The lowest BCUT2D eigenvalue weighted by Crippen LogP contribution is -2.40. The van der Waals surface area contributed by atoms with Crippen LogP contribution in [0.4, 0.5) is 0 Å². The van der Waals surface area contributed by atoms with Gasteiger partial charge in [0, 0.05) is 19.3 Å². The maximum Gasteiger partial charge on any atom is 0.201 e. The van der Waals surface area contributed by atoms with Crippen LogP contribution < -0.4 is 0 Å². The second kappa shape index (κ2) is 7.95. The highest BCUT2D eigenvalue weighted by molar-refractivity contribution is 5.71. The van der Waals surface area contributed by atoms with E-state index in [0.717, 1.165) is 11.1 Å². The molecule has 1 saturated carbocycles. The van der Waals surface area contributed by atoms with Gasteiger partial charge in [-0.15, -0.1) is 0 Å². The second-order valence-corrected chi connectivity index (χ2v) is 7.42. The molecule has 4 rings (SSSR count). The Kier molecular flexibility index (Phi) is 5.41. The quantitative estimate of drug-likeness (QED) is 0.798. The average Bonchev–Trinajstić information content (AvgIpc) is 2.93. The molecule has 2 aromatic carbocycles. The number of hydrogen-bond donors (Lipinski definition) is 1. The third-order valence-corrected chi connectivity index (χ3v) is 5.53. The van der Waals surface area contributed by atoms with Crippen LogP contribution in [0.2, 0.25) is 0 Å². The van der Waals surface area contributed by atoms with E-state index in [1.807, 2.05) is 18.2 Å². The molecule has 1 aliphatic heterocycles. The third kappa shape index (κ3) is 4.14. The molecule has 1 saturated heterocycles. The standard InChI is InChI=1S/C23H26O4/c1-17(18-7-9-20(10-8-18)19-5-3-2-4-6-19)22-13-16-25-23(27-26-22)14-11-21(24)12-15-23/h2-10,21-22,24H,1,11-16H2. The Balaban J connectivity index is 1.42. The fourth-order valence-electron chi connectivity index (χ4n) is 3.77.